The summed E-state index contributed by atoms with van der Waals surface area (Å²) >= 11 is 0. The summed E-state index contributed by atoms with van der Waals surface area (Å²) in [7, 11) is 0. The third kappa shape index (κ3) is 4.17. The van der Waals surface area contributed by atoms with Gasteiger partial charge in [-0.1, -0.05) is 60.7 Å². The molecule has 1 aliphatic heterocycles. The summed E-state index contributed by atoms with van der Waals surface area (Å²) in [5.74, 6) is -1.37. The maximum atomic E-state index is 12.7. The molecule has 134 valence electrons. The van der Waals surface area contributed by atoms with E-state index in [1.807, 2.05) is 30.3 Å². The summed E-state index contributed by atoms with van der Waals surface area (Å²) in [6.07, 6.45) is 2.25. The zero-order chi connectivity index (χ0) is 18.4. The van der Waals surface area contributed by atoms with Crippen molar-refractivity contribution in [2.45, 2.75) is 31.8 Å². The molecule has 3 rings (SSSR count). The Hall–Kier alpha value is -2.95. The van der Waals surface area contributed by atoms with Gasteiger partial charge in [-0.15, -0.1) is 0 Å². The smallest absolute Gasteiger partial charge is 0.295 e. The van der Waals surface area contributed by atoms with Crippen molar-refractivity contribution in [1.29, 1.82) is 0 Å². The number of piperidine rings is 1. The largest absolute Gasteiger partial charge is 0.350 e. The molecule has 2 aromatic rings. The topological polar surface area (TPSA) is 66.5 Å². The van der Waals surface area contributed by atoms with Crippen molar-refractivity contribution >= 4 is 17.6 Å². The Kier molecular flexibility index (Phi) is 5.79. The molecule has 0 unspecified atom stereocenters. The molecule has 0 aliphatic carbocycles. The summed E-state index contributed by atoms with van der Waals surface area (Å²) in [4.78, 5) is 39.2. The fraction of sp³-hybridized carbons (Fsp3) is 0.286. The van der Waals surface area contributed by atoms with Gasteiger partial charge >= 0.3 is 0 Å². The number of amides is 2. The molecule has 2 aromatic carbocycles. The summed E-state index contributed by atoms with van der Waals surface area (Å²) in [5.41, 5.74) is 1.35. The third-order valence-corrected chi connectivity index (χ3v) is 4.61. The molecule has 1 saturated heterocycles. The Bertz CT molecular complexity index is 774. The zero-order valence-electron chi connectivity index (χ0n) is 14.6. The number of nitrogens with zero attached hydrogens (tertiary/aromatic N) is 1. The second-order valence-corrected chi connectivity index (χ2v) is 6.41. The molecular formula is C21H22N2O3. The Balaban J connectivity index is 1.68. The van der Waals surface area contributed by atoms with Crippen molar-refractivity contribution in [3.8, 4) is 0 Å². The van der Waals surface area contributed by atoms with E-state index in [4.69, 9.17) is 0 Å². The van der Waals surface area contributed by atoms with Crippen molar-refractivity contribution in [2.75, 3.05) is 6.54 Å². The van der Waals surface area contributed by atoms with Gasteiger partial charge in [0, 0.05) is 18.7 Å². The van der Waals surface area contributed by atoms with Crippen molar-refractivity contribution in [3.63, 3.8) is 0 Å². The summed E-state index contributed by atoms with van der Waals surface area (Å²) in [6.45, 7) is 0.839. The molecule has 0 spiro atoms. The van der Waals surface area contributed by atoms with Crippen LogP contribution in [0, 0.1) is 0 Å². The molecule has 1 aliphatic rings. The van der Waals surface area contributed by atoms with Gasteiger partial charge in [0.15, 0.2) is 0 Å². The molecule has 0 bridgehead atoms. The minimum atomic E-state index is -0.601. The van der Waals surface area contributed by atoms with Crippen molar-refractivity contribution in [1.82, 2.24) is 10.2 Å². The zero-order valence-corrected chi connectivity index (χ0v) is 14.6. The molecule has 1 heterocycles. The normalized spacial score (nSPS) is 16.8. The van der Waals surface area contributed by atoms with Gasteiger partial charge in [-0.2, -0.15) is 0 Å². The predicted molar refractivity (Wildman–Crippen MR) is 98.4 cm³/mol. The van der Waals surface area contributed by atoms with Crippen LogP contribution < -0.4 is 5.32 Å². The second-order valence-electron chi connectivity index (χ2n) is 6.41. The van der Waals surface area contributed by atoms with E-state index in [0.717, 1.165) is 18.4 Å². The number of carbonyl (C=O) groups is 3. The Morgan fingerprint density at radius 1 is 0.923 bits per heavy atom. The lowest BCUT2D eigenvalue weighted by Gasteiger charge is -2.34. The number of ketones is 1. The van der Waals surface area contributed by atoms with E-state index in [2.05, 4.69) is 5.32 Å². The molecule has 0 radical (unpaired) electrons. The van der Waals surface area contributed by atoms with Gasteiger partial charge < -0.3 is 10.2 Å². The van der Waals surface area contributed by atoms with E-state index >= 15 is 0 Å². The van der Waals surface area contributed by atoms with E-state index in [-0.39, 0.29) is 5.91 Å². The van der Waals surface area contributed by atoms with E-state index < -0.39 is 17.7 Å². The summed E-state index contributed by atoms with van der Waals surface area (Å²) in [6, 6.07) is 17.5. The van der Waals surface area contributed by atoms with Crippen LogP contribution in [-0.4, -0.2) is 35.1 Å². The van der Waals surface area contributed by atoms with Crippen LogP contribution in [0.15, 0.2) is 60.7 Å². The quantitative estimate of drug-likeness (QED) is 0.666. The third-order valence-electron chi connectivity index (χ3n) is 4.61. The van der Waals surface area contributed by atoms with Gasteiger partial charge in [-0.3, -0.25) is 14.4 Å². The first-order valence-corrected chi connectivity index (χ1v) is 8.89. The van der Waals surface area contributed by atoms with E-state index in [1.165, 1.54) is 4.90 Å². The molecule has 1 fully saturated rings. The number of benzene rings is 2. The molecule has 5 nitrogen and oxygen atoms in total. The van der Waals surface area contributed by atoms with Crippen LogP contribution in [0.1, 0.15) is 35.2 Å². The second kappa shape index (κ2) is 8.43. The summed E-state index contributed by atoms with van der Waals surface area (Å²) < 4.78 is 0. The van der Waals surface area contributed by atoms with Crippen molar-refractivity contribution < 1.29 is 14.4 Å². The molecule has 0 aromatic heterocycles. The van der Waals surface area contributed by atoms with Crippen LogP contribution in [0.5, 0.6) is 0 Å². The highest BCUT2D eigenvalue weighted by Crippen LogP contribution is 2.19. The lowest BCUT2D eigenvalue weighted by Crippen LogP contribution is -2.53. The molecule has 1 N–H and O–H groups in total. The number of Topliss-reactive ketones (excluding diaryl/α,β-unsaturated/α-hetero) is 1. The maximum Gasteiger partial charge on any atom is 0.295 e. The first-order valence-electron chi connectivity index (χ1n) is 8.89. The van der Waals surface area contributed by atoms with Crippen LogP contribution >= 0.6 is 0 Å². The van der Waals surface area contributed by atoms with E-state index in [1.54, 1.807) is 30.3 Å². The van der Waals surface area contributed by atoms with Gasteiger partial charge in [0.1, 0.15) is 6.04 Å². The lowest BCUT2D eigenvalue weighted by molar-refractivity contribution is -0.139. The number of rotatable bonds is 5. The monoisotopic (exact) mass is 350 g/mol. The first-order chi connectivity index (χ1) is 12.7. The number of hydrogen-bond donors (Lipinski definition) is 1. The predicted octanol–water partition coefficient (Wildman–Crippen LogP) is 2.57. The Morgan fingerprint density at radius 2 is 1.58 bits per heavy atom. The molecule has 5 heteroatoms. The number of hydrogen-bond acceptors (Lipinski definition) is 3. The van der Waals surface area contributed by atoms with E-state index in [0.29, 0.717) is 25.1 Å². The highest BCUT2D eigenvalue weighted by atomic mass is 16.2. The number of carbonyl (C=O) groups excluding carboxylic acids is 3. The lowest BCUT2D eigenvalue weighted by atomic mass is 9.99. The fourth-order valence-electron chi connectivity index (χ4n) is 3.19. The maximum absolute atomic E-state index is 12.7. The van der Waals surface area contributed by atoms with Gasteiger partial charge in [0.2, 0.25) is 11.7 Å². The number of likely N-dealkylation sites (tertiary alicyclic amines) is 1. The average molecular weight is 350 g/mol. The number of nitrogens with one attached hydrogen (secondary N) is 1. The Morgan fingerprint density at radius 3 is 2.27 bits per heavy atom. The Labute approximate surface area is 153 Å². The van der Waals surface area contributed by atoms with Crippen molar-refractivity contribution in [3.05, 3.63) is 71.8 Å². The molecule has 2 amide bonds. The highest BCUT2D eigenvalue weighted by molar-refractivity contribution is 6.43. The molecule has 26 heavy (non-hydrogen) atoms. The van der Waals surface area contributed by atoms with Crippen LogP contribution in [0.3, 0.4) is 0 Å². The van der Waals surface area contributed by atoms with Crippen molar-refractivity contribution in [2.24, 2.45) is 0 Å². The first kappa shape index (κ1) is 17.9. The average Bonchev–Trinajstić information content (AvgIpc) is 2.72. The standard InChI is InChI=1S/C21H22N2O3/c24-19(17-11-5-2-6-12-17)21(26)23-14-8-7-13-18(23)20(25)22-15-16-9-3-1-4-10-16/h1-6,9-12,18H,7-8,13-15H2,(H,22,25)/t18-/m0/s1. The van der Waals surface area contributed by atoms with Crippen LogP contribution in [0.2, 0.25) is 0 Å². The summed E-state index contributed by atoms with van der Waals surface area (Å²) in [5, 5.41) is 2.89. The highest BCUT2D eigenvalue weighted by Gasteiger charge is 2.35. The minimum Gasteiger partial charge on any atom is -0.350 e. The SMILES string of the molecule is O=C(C(=O)N1CCCC[C@H]1C(=O)NCc1ccccc1)c1ccccc1. The van der Waals surface area contributed by atoms with Gasteiger partial charge in [-0.05, 0) is 24.8 Å². The fourth-order valence-corrected chi connectivity index (χ4v) is 3.19. The van der Waals surface area contributed by atoms with E-state index in [9.17, 15) is 14.4 Å². The van der Waals surface area contributed by atoms with Gasteiger partial charge in [0.25, 0.3) is 5.91 Å². The molecule has 1 atom stereocenters. The minimum absolute atomic E-state index is 0.206. The van der Waals surface area contributed by atoms with Gasteiger partial charge in [0.05, 0.1) is 0 Å². The molecule has 0 saturated carbocycles. The van der Waals surface area contributed by atoms with Crippen LogP contribution in [0.4, 0.5) is 0 Å². The van der Waals surface area contributed by atoms with Crippen LogP contribution in [0.25, 0.3) is 0 Å². The van der Waals surface area contributed by atoms with Gasteiger partial charge in [-0.25, -0.2) is 0 Å². The molecular weight excluding hydrogens is 328 g/mol. The van der Waals surface area contributed by atoms with Crippen LogP contribution in [-0.2, 0) is 16.1 Å².